The van der Waals surface area contributed by atoms with Gasteiger partial charge in [-0.15, -0.1) is 0 Å². The third kappa shape index (κ3) is 4.31. The zero-order chi connectivity index (χ0) is 12.6. The second-order valence-corrected chi connectivity index (χ2v) is 4.35. The molecular formula is C14H19N3O. The monoisotopic (exact) mass is 245 g/mol. The number of likely N-dealkylation sites (N-methyl/N-ethyl adjacent to an activating group) is 1. The molecular weight excluding hydrogens is 226 g/mol. The van der Waals surface area contributed by atoms with Gasteiger partial charge < -0.3 is 14.6 Å². The Morgan fingerprint density at radius 2 is 2.11 bits per heavy atom. The lowest BCUT2D eigenvalue weighted by atomic mass is 10.2. The van der Waals surface area contributed by atoms with Crippen molar-refractivity contribution in [2.45, 2.75) is 13.1 Å². The summed E-state index contributed by atoms with van der Waals surface area (Å²) in [6, 6.07) is 7.99. The van der Waals surface area contributed by atoms with Crippen LogP contribution in [-0.4, -0.2) is 30.0 Å². The van der Waals surface area contributed by atoms with Crippen LogP contribution >= 0.6 is 0 Å². The van der Waals surface area contributed by atoms with Crippen LogP contribution in [0.15, 0.2) is 47.3 Å². The lowest BCUT2D eigenvalue weighted by molar-refractivity contribution is 0.321. The third-order valence-electron chi connectivity index (χ3n) is 2.75. The molecule has 0 aromatic carbocycles. The van der Waals surface area contributed by atoms with Gasteiger partial charge in [-0.05, 0) is 36.9 Å². The van der Waals surface area contributed by atoms with Crippen molar-refractivity contribution in [3.05, 3.63) is 54.2 Å². The quantitative estimate of drug-likeness (QED) is 0.756. The maximum absolute atomic E-state index is 5.25. The Morgan fingerprint density at radius 1 is 1.28 bits per heavy atom. The van der Waals surface area contributed by atoms with E-state index in [1.165, 1.54) is 5.56 Å². The molecule has 0 amide bonds. The topological polar surface area (TPSA) is 41.3 Å². The predicted molar refractivity (Wildman–Crippen MR) is 71.0 cm³/mol. The molecule has 0 unspecified atom stereocenters. The smallest absolute Gasteiger partial charge is 0.117 e. The summed E-state index contributed by atoms with van der Waals surface area (Å²) in [5.74, 6) is 0.979. The molecule has 0 radical (unpaired) electrons. The van der Waals surface area contributed by atoms with E-state index in [0.717, 1.165) is 31.9 Å². The Labute approximate surface area is 108 Å². The maximum atomic E-state index is 5.25. The fourth-order valence-corrected chi connectivity index (χ4v) is 1.77. The highest BCUT2D eigenvalue weighted by Gasteiger charge is 2.00. The van der Waals surface area contributed by atoms with Gasteiger partial charge in [-0.3, -0.25) is 4.98 Å². The number of nitrogens with zero attached hydrogens (tertiary/aromatic N) is 2. The zero-order valence-corrected chi connectivity index (χ0v) is 10.7. The summed E-state index contributed by atoms with van der Waals surface area (Å²) in [6.45, 7) is 3.69. The summed E-state index contributed by atoms with van der Waals surface area (Å²) in [4.78, 5) is 6.30. The lowest BCUT2D eigenvalue weighted by Crippen LogP contribution is -2.28. The van der Waals surface area contributed by atoms with Gasteiger partial charge in [0, 0.05) is 32.0 Å². The standard InChI is InChI=1S/C14H19N3O/c1-17(12-13-4-6-15-7-5-13)9-8-16-11-14-3-2-10-18-14/h2-7,10,16H,8-9,11-12H2,1H3. The van der Waals surface area contributed by atoms with E-state index in [9.17, 15) is 0 Å². The first-order valence-corrected chi connectivity index (χ1v) is 6.15. The van der Waals surface area contributed by atoms with E-state index >= 15 is 0 Å². The number of nitrogens with one attached hydrogen (secondary N) is 1. The highest BCUT2D eigenvalue weighted by molar-refractivity contribution is 5.09. The molecule has 1 N–H and O–H groups in total. The first-order valence-electron chi connectivity index (χ1n) is 6.15. The number of hydrogen-bond donors (Lipinski definition) is 1. The Hall–Kier alpha value is -1.65. The number of furan rings is 1. The molecule has 0 bridgehead atoms. The van der Waals surface area contributed by atoms with E-state index in [1.807, 2.05) is 36.7 Å². The number of aromatic nitrogens is 1. The van der Waals surface area contributed by atoms with Gasteiger partial charge in [0.2, 0.25) is 0 Å². The van der Waals surface area contributed by atoms with Crippen LogP contribution in [0, 0.1) is 0 Å². The van der Waals surface area contributed by atoms with Crippen LogP contribution in [0.3, 0.4) is 0 Å². The van der Waals surface area contributed by atoms with Gasteiger partial charge in [0.05, 0.1) is 12.8 Å². The molecule has 0 aliphatic rings. The number of hydrogen-bond acceptors (Lipinski definition) is 4. The minimum atomic E-state index is 0.788. The molecule has 0 saturated carbocycles. The molecule has 2 heterocycles. The van der Waals surface area contributed by atoms with Crippen molar-refractivity contribution < 1.29 is 4.42 Å². The van der Waals surface area contributed by atoms with E-state index < -0.39 is 0 Å². The van der Waals surface area contributed by atoms with Gasteiger partial charge in [-0.1, -0.05) is 0 Å². The number of pyridine rings is 1. The molecule has 4 heteroatoms. The molecule has 2 aromatic heterocycles. The Balaban J connectivity index is 1.62. The number of rotatable bonds is 7. The van der Waals surface area contributed by atoms with Crippen LogP contribution in [0.5, 0.6) is 0 Å². The highest BCUT2D eigenvalue weighted by Crippen LogP contribution is 2.01. The van der Waals surface area contributed by atoms with E-state index in [2.05, 4.69) is 22.2 Å². The normalized spacial score (nSPS) is 11.0. The second kappa shape index (κ2) is 6.93. The van der Waals surface area contributed by atoms with Crippen LogP contribution in [0.4, 0.5) is 0 Å². The summed E-state index contributed by atoms with van der Waals surface area (Å²) in [5.41, 5.74) is 1.29. The molecule has 4 nitrogen and oxygen atoms in total. The van der Waals surface area contributed by atoms with Gasteiger partial charge in [-0.25, -0.2) is 0 Å². The Morgan fingerprint density at radius 3 is 2.83 bits per heavy atom. The molecule has 2 rings (SSSR count). The summed E-state index contributed by atoms with van der Waals surface area (Å²) in [5, 5.41) is 3.36. The molecule has 0 saturated heterocycles. The molecule has 0 atom stereocenters. The maximum Gasteiger partial charge on any atom is 0.117 e. The Kier molecular flexibility index (Phi) is 4.93. The summed E-state index contributed by atoms with van der Waals surface area (Å²) >= 11 is 0. The first-order chi connectivity index (χ1) is 8.84. The van der Waals surface area contributed by atoms with Crippen molar-refractivity contribution in [3.8, 4) is 0 Å². The van der Waals surface area contributed by atoms with Crippen LogP contribution < -0.4 is 5.32 Å². The van der Waals surface area contributed by atoms with Crippen LogP contribution in [0.25, 0.3) is 0 Å². The minimum Gasteiger partial charge on any atom is -0.468 e. The van der Waals surface area contributed by atoms with E-state index in [0.29, 0.717) is 0 Å². The summed E-state index contributed by atoms with van der Waals surface area (Å²) in [7, 11) is 2.12. The molecule has 2 aromatic rings. The van der Waals surface area contributed by atoms with Crippen molar-refractivity contribution in [1.82, 2.24) is 15.2 Å². The van der Waals surface area contributed by atoms with Crippen molar-refractivity contribution in [2.24, 2.45) is 0 Å². The SMILES string of the molecule is CN(CCNCc1ccco1)Cc1ccncc1. The highest BCUT2D eigenvalue weighted by atomic mass is 16.3. The second-order valence-electron chi connectivity index (χ2n) is 4.35. The van der Waals surface area contributed by atoms with E-state index in [1.54, 1.807) is 6.26 Å². The van der Waals surface area contributed by atoms with Crippen molar-refractivity contribution >= 4 is 0 Å². The van der Waals surface area contributed by atoms with Crippen LogP contribution in [0.2, 0.25) is 0 Å². The molecule has 18 heavy (non-hydrogen) atoms. The van der Waals surface area contributed by atoms with Gasteiger partial charge in [-0.2, -0.15) is 0 Å². The summed E-state index contributed by atoms with van der Waals surface area (Å²) < 4.78 is 5.25. The summed E-state index contributed by atoms with van der Waals surface area (Å²) in [6.07, 6.45) is 5.36. The van der Waals surface area contributed by atoms with Gasteiger partial charge in [0.1, 0.15) is 5.76 Å². The van der Waals surface area contributed by atoms with Crippen molar-refractivity contribution in [2.75, 3.05) is 20.1 Å². The average Bonchev–Trinajstić information content (AvgIpc) is 2.89. The fourth-order valence-electron chi connectivity index (χ4n) is 1.77. The Bertz CT molecular complexity index is 428. The van der Waals surface area contributed by atoms with Gasteiger partial charge in [0.15, 0.2) is 0 Å². The first kappa shape index (κ1) is 12.8. The lowest BCUT2D eigenvalue weighted by Gasteiger charge is -2.16. The largest absolute Gasteiger partial charge is 0.468 e. The fraction of sp³-hybridized carbons (Fsp3) is 0.357. The molecule has 0 aliphatic heterocycles. The van der Waals surface area contributed by atoms with Gasteiger partial charge >= 0.3 is 0 Å². The minimum absolute atomic E-state index is 0.788. The van der Waals surface area contributed by atoms with Crippen LogP contribution in [-0.2, 0) is 13.1 Å². The molecule has 0 aliphatic carbocycles. The third-order valence-corrected chi connectivity index (χ3v) is 2.75. The zero-order valence-electron chi connectivity index (χ0n) is 10.7. The predicted octanol–water partition coefficient (Wildman–Crippen LogP) is 1.90. The van der Waals surface area contributed by atoms with Crippen molar-refractivity contribution in [1.29, 1.82) is 0 Å². The van der Waals surface area contributed by atoms with Gasteiger partial charge in [0.25, 0.3) is 0 Å². The van der Waals surface area contributed by atoms with E-state index in [4.69, 9.17) is 4.42 Å². The average molecular weight is 245 g/mol. The molecule has 0 spiro atoms. The molecule has 96 valence electrons. The molecule has 0 fully saturated rings. The van der Waals surface area contributed by atoms with E-state index in [-0.39, 0.29) is 0 Å². The van der Waals surface area contributed by atoms with Crippen LogP contribution in [0.1, 0.15) is 11.3 Å². The van der Waals surface area contributed by atoms with Crippen molar-refractivity contribution in [3.63, 3.8) is 0 Å².